The molecule has 8 nitrogen and oxygen atoms in total. The third-order valence-electron chi connectivity index (χ3n) is 10.3. The summed E-state index contributed by atoms with van der Waals surface area (Å²) in [4.78, 5) is 27.2. The number of likely N-dealkylation sites (N-methyl/N-ethyl adjacent to an activating group) is 1. The summed E-state index contributed by atoms with van der Waals surface area (Å²) in [7, 11) is 2.16. The van der Waals surface area contributed by atoms with Crippen LogP contribution in [-0.4, -0.2) is 66.2 Å². The van der Waals surface area contributed by atoms with Crippen LogP contribution in [0.25, 0.3) is 0 Å². The van der Waals surface area contributed by atoms with Crippen molar-refractivity contribution in [2.45, 2.75) is 65.5 Å². The first-order chi connectivity index (χ1) is 20.7. The van der Waals surface area contributed by atoms with Crippen molar-refractivity contribution in [3.05, 3.63) is 47.9 Å². The maximum absolute atomic E-state index is 15.1. The van der Waals surface area contributed by atoms with Gasteiger partial charge in [0.15, 0.2) is 11.6 Å². The number of fused-ring (bicyclic) bond motifs is 2. The molecule has 7 atom stereocenters. The van der Waals surface area contributed by atoms with E-state index in [1.807, 2.05) is 6.07 Å². The first-order valence-electron chi connectivity index (χ1n) is 16.1. The summed E-state index contributed by atoms with van der Waals surface area (Å²) in [6.45, 7) is 12.9. The molecular weight excluding hydrogens is 543 g/mol. The van der Waals surface area contributed by atoms with E-state index in [4.69, 9.17) is 4.74 Å². The SMILES string of the molecule is Cc1cc(Nc2ncc(F)c(NC3C4C=CC(C4)C3C(=O)OC3CC(C)CCC3C(C)C)n2)ccc1N1CCN(C)CC1. The molecule has 1 aliphatic heterocycles. The third kappa shape index (κ3) is 6.37. The molecule has 0 spiro atoms. The topological polar surface area (TPSA) is 82.6 Å². The molecule has 2 bridgehead atoms. The van der Waals surface area contributed by atoms with E-state index in [0.29, 0.717) is 23.7 Å². The van der Waals surface area contributed by atoms with Crippen LogP contribution < -0.4 is 15.5 Å². The zero-order valence-corrected chi connectivity index (χ0v) is 26.2. The van der Waals surface area contributed by atoms with Crippen molar-refractivity contribution in [3.8, 4) is 0 Å². The quantitative estimate of drug-likeness (QED) is 0.285. The zero-order valence-electron chi connectivity index (χ0n) is 26.2. The molecule has 3 fully saturated rings. The number of benzene rings is 1. The molecule has 4 aliphatic rings. The number of hydrogen-bond acceptors (Lipinski definition) is 8. The smallest absolute Gasteiger partial charge is 0.311 e. The summed E-state index contributed by atoms with van der Waals surface area (Å²) < 4.78 is 21.4. The largest absolute Gasteiger partial charge is 0.462 e. The lowest BCUT2D eigenvalue weighted by Crippen LogP contribution is -2.44. The normalized spacial score (nSPS) is 30.6. The molecule has 1 aromatic heterocycles. The second kappa shape index (κ2) is 12.4. The number of aromatic nitrogens is 2. The van der Waals surface area contributed by atoms with Gasteiger partial charge in [0.25, 0.3) is 0 Å². The standard InChI is InChI=1S/C34H47FN6O2/c1-20(2)26-10-6-21(3)16-29(26)43-33(42)30-23-7-8-24(18-23)31(30)38-32-27(35)19-36-34(39-32)37-25-9-11-28(22(4)17-25)41-14-12-40(5)13-15-41/h7-9,11,17,19-21,23-24,26,29-31H,6,10,12-16,18H2,1-5H3,(H2,36,37,38,39). The van der Waals surface area contributed by atoms with Crippen LogP contribution in [0.2, 0.25) is 0 Å². The predicted molar refractivity (Wildman–Crippen MR) is 169 cm³/mol. The summed E-state index contributed by atoms with van der Waals surface area (Å²) in [6.07, 6.45) is 9.46. The molecule has 232 valence electrons. The van der Waals surface area contributed by atoms with Gasteiger partial charge >= 0.3 is 5.97 Å². The number of carbonyl (C=O) groups excluding carboxylic acids is 1. The van der Waals surface area contributed by atoms with Gasteiger partial charge in [0.05, 0.1) is 12.1 Å². The molecule has 2 aromatic rings. The highest BCUT2D eigenvalue weighted by Crippen LogP contribution is 2.46. The van der Waals surface area contributed by atoms with Gasteiger partial charge in [0.1, 0.15) is 6.10 Å². The Labute approximate surface area is 255 Å². The fourth-order valence-corrected chi connectivity index (χ4v) is 7.77. The molecule has 1 saturated heterocycles. The maximum Gasteiger partial charge on any atom is 0.311 e. The summed E-state index contributed by atoms with van der Waals surface area (Å²) in [5, 5.41) is 6.57. The Kier molecular flexibility index (Phi) is 8.63. The number of hydrogen-bond donors (Lipinski definition) is 2. The second-order valence-electron chi connectivity index (χ2n) is 13.8. The van der Waals surface area contributed by atoms with E-state index in [2.05, 4.69) is 89.4 Å². The molecule has 2 N–H and O–H groups in total. The molecule has 2 saturated carbocycles. The Bertz CT molecular complexity index is 1340. The van der Waals surface area contributed by atoms with Crippen molar-refractivity contribution < 1.29 is 13.9 Å². The number of halogens is 1. The number of anilines is 4. The van der Waals surface area contributed by atoms with Crippen LogP contribution in [0.3, 0.4) is 0 Å². The number of ether oxygens (including phenoxy) is 1. The fraction of sp³-hybridized carbons (Fsp3) is 0.618. The first-order valence-corrected chi connectivity index (χ1v) is 16.1. The van der Waals surface area contributed by atoms with Gasteiger partial charge in [-0.1, -0.05) is 39.3 Å². The molecule has 0 radical (unpaired) electrons. The highest BCUT2D eigenvalue weighted by molar-refractivity contribution is 5.76. The Morgan fingerprint density at radius 2 is 1.86 bits per heavy atom. The van der Waals surface area contributed by atoms with Crippen LogP contribution in [0.4, 0.5) is 27.5 Å². The van der Waals surface area contributed by atoms with Crippen molar-refractivity contribution in [1.82, 2.24) is 14.9 Å². The molecular formula is C34H47FN6O2. The summed E-state index contributed by atoms with van der Waals surface area (Å²) in [6, 6.07) is 5.95. The van der Waals surface area contributed by atoms with E-state index < -0.39 is 5.82 Å². The Morgan fingerprint density at radius 1 is 1.09 bits per heavy atom. The van der Waals surface area contributed by atoms with Crippen molar-refractivity contribution in [2.75, 3.05) is 48.8 Å². The van der Waals surface area contributed by atoms with Gasteiger partial charge in [-0.05, 0) is 86.6 Å². The van der Waals surface area contributed by atoms with E-state index in [1.54, 1.807) is 0 Å². The second-order valence-corrected chi connectivity index (χ2v) is 13.8. The van der Waals surface area contributed by atoms with E-state index in [1.165, 1.54) is 18.3 Å². The molecule has 7 unspecified atom stereocenters. The Balaban J connectivity index is 1.15. The Hall–Kier alpha value is -3.20. The van der Waals surface area contributed by atoms with Crippen molar-refractivity contribution >= 4 is 29.1 Å². The van der Waals surface area contributed by atoms with Crippen LogP contribution in [0.5, 0.6) is 0 Å². The minimum atomic E-state index is -0.535. The molecule has 3 aliphatic carbocycles. The number of piperazine rings is 1. The summed E-state index contributed by atoms with van der Waals surface area (Å²) in [5.74, 6) is 0.976. The van der Waals surface area contributed by atoms with Crippen LogP contribution in [0.15, 0.2) is 36.5 Å². The van der Waals surface area contributed by atoms with Crippen LogP contribution in [-0.2, 0) is 9.53 Å². The van der Waals surface area contributed by atoms with Gasteiger partial charge in [-0.25, -0.2) is 9.37 Å². The van der Waals surface area contributed by atoms with E-state index >= 15 is 4.39 Å². The van der Waals surface area contributed by atoms with Crippen LogP contribution in [0.1, 0.15) is 52.0 Å². The highest BCUT2D eigenvalue weighted by Gasteiger charge is 2.50. The number of nitrogens with one attached hydrogen (secondary N) is 2. The number of aryl methyl sites for hydroxylation is 1. The average Bonchev–Trinajstić information content (AvgIpc) is 3.58. The first kappa shape index (κ1) is 29.9. The van der Waals surface area contributed by atoms with Crippen molar-refractivity contribution in [1.29, 1.82) is 0 Å². The number of allylic oxidation sites excluding steroid dienone is 1. The van der Waals surface area contributed by atoms with Gasteiger partial charge in [-0.15, -0.1) is 0 Å². The van der Waals surface area contributed by atoms with Crippen molar-refractivity contribution in [2.24, 2.45) is 35.5 Å². The number of nitrogens with zero attached hydrogens (tertiary/aromatic N) is 4. The van der Waals surface area contributed by atoms with Gasteiger partial charge < -0.3 is 25.2 Å². The minimum absolute atomic E-state index is 0.0577. The lowest BCUT2D eigenvalue weighted by molar-refractivity contribution is -0.162. The van der Waals surface area contributed by atoms with Crippen LogP contribution >= 0.6 is 0 Å². The minimum Gasteiger partial charge on any atom is -0.462 e. The summed E-state index contributed by atoms with van der Waals surface area (Å²) >= 11 is 0. The molecule has 2 heterocycles. The van der Waals surface area contributed by atoms with Gasteiger partial charge in [-0.3, -0.25) is 4.79 Å². The average molecular weight is 591 g/mol. The van der Waals surface area contributed by atoms with Gasteiger partial charge in [0.2, 0.25) is 5.95 Å². The molecule has 9 heteroatoms. The van der Waals surface area contributed by atoms with Crippen LogP contribution in [0, 0.1) is 48.2 Å². The molecule has 6 rings (SSSR count). The fourth-order valence-electron chi connectivity index (χ4n) is 7.77. The Morgan fingerprint density at radius 3 is 2.60 bits per heavy atom. The van der Waals surface area contributed by atoms with Gasteiger partial charge in [0, 0.05) is 43.6 Å². The van der Waals surface area contributed by atoms with E-state index in [-0.39, 0.29) is 41.7 Å². The number of esters is 1. The molecule has 1 aromatic carbocycles. The highest BCUT2D eigenvalue weighted by atomic mass is 19.1. The zero-order chi connectivity index (χ0) is 30.2. The monoisotopic (exact) mass is 590 g/mol. The van der Waals surface area contributed by atoms with Gasteiger partial charge in [-0.2, -0.15) is 4.98 Å². The van der Waals surface area contributed by atoms with E-state index in [0.717, 1.165) is 56.7 Å². The lowest BCUT2D eigenvalue weighted by atomic mass is 9.75. The van der Waals surface area contributed by atoms with E-state index in [9.17, 15) is 4.79 Å². The molecule has 43 heavy (non-hydrogen) atoms. The predicted octanol–water partition coefficient (Wildman–Crippen LogP) is 6.03. The molecule has 0 amide bonds. The lowest BCUT2D eigenvalue weighted by Gasteiger charge is -2.38. The van der Waals surface area contributed by atoms with Crippen molar-refractivity contribution in [3.63, 3.8) is 0 Å². The number of carbonyl (C=O) groups is 1. The maximum atomic E-state index is 15.1. The third-order valence-corrected chi connectivity index (χ3v) is 10.3. The number of rotatable bonds is 8. The summed E-state index contributed by atoms with van der Waals surface area (Å²) in [5.41, 5.74) is 3.24.